The van der Waals surface area contributed by atoms with E-state index in [1.165, 1.54) is 43.9 Å². The number of hydrogen-bond acceptors (Lipinski definition) is 11. The predicted molar refractivity (Wildman–Crippen MR) is 132 cm³/mol. The number of hydrogen-bond donors (Lipinski definition) is 0. The minimum Gasteiger partial charge on any atom is -0.747 e. The minimum absolute atomic E-state index is 0.459. The van der Waals surface area contributed by atoms with Gasteiger partial charge in [0.2, 0.25) is 10.7 Å². The van der Waals surface area contributed by atoms with E-state index >= 15 is 0 Å². The van der Waals surface area contributed by atoms with E-state index in [9.17, 15) is 25.9 Å². The highest BCUT2D eigenvalue weighted by Gasteiger charge is 2.35. The number of anilines is 1. The van der Waals surface area contributed by atoms with E-state index in [4.69, 9.17) is 0 Å². The molecule has 0 aliphatic carbocycles. The molecular weight excluding hydrogens is 539 g/mol. The SMILES string of the molecule is CC(=C1Sc2c(ccc3ccccc23)N1CS(=O)(=O)[O-])c1sc2nc(C)sc2[n+]1CS(=O)(=O)[O-]. The molecule has 0 bridgehead atoms. The zero-order valence-electron chi connectivity index (χ0n) is 17.7. The average molecular weight is 555 g/mol. The second-order valence-electron chi connectivity index (χ2n) is 7.65. The van der Waals surface area contributed by atoms with Gasteiger partial charge in [0, 0.05) is 4.90 Å². The normalized spacial score (nSPS) is 15.9. The van der Waals surface area contributed by atoms with Crippen molar-refractivity contribution >= 4 is 86.4 Å². The Morgan fingerprint density at radius 1 is 1.06 bits per heavy atom. The van der Waals surface area contributed by atoms with Gasteiger partial charge in [-0.3, -0.25) is 0 Å². The van der Waals surface area contributed by atoms with Gasteiger partial charge in [0.15, 0.2) is 10.1 Å². The van der Waals surface area contributed by atoms with Crippen molar-refractivity contribution in [3.05, 3.63) is 51.4 Å². The molecule has 3 heterocycles. The minimum atomic E-state index is -4.64. The number of aromatic nitrogens is 2. The van der Waals surface area contributed by atoms with Gasteiger partial charge < -0.3 is 14.0 Å². The molecule has 0 fully saturated rings. The molecule has 14 heteroatoms. The van der Waals surface area contributed by atoms with Gasteiger partial charge in [0.05, 0.1) is 21.3 Å². The molecule has 2 aromatic carbocycles. The first-order valence-electron chi connectivity index (χ1n) is 9.76. The summed E-state index contributed by atoms with van der Waals surface area (Å²) in [5, 5.41) is 3.53. The lowest BCUT2D eigenvalue weighted by Crippen LogP contribution is -2.39. The second-order valence-corrected chi connectivity index (χ2v) is 13.6. The molecule has 0 amide bonds. The van der Waals surface area contributed by atoms with Crippen LogP contribution in [-0.2, 0) is 26.1 Å². The lowest BCUT2D eigenvalue weighted by Gasteiger charge is -2.23. The summed E-state index contributed by atoms with van der Waals surface area (Å²) in [6.45, 7) is 3.50. The molecule has 0 atom stereocenters. The summed E-state index contributed by atoms with van der Waals surface area (Å²) in [4.78, 5) is 7.78. The van der Waals surface area contributed by atoms with Gasteiger partial charge in [0.25, 0.3) is 5.01 Å². The number of allylic oxidation sites excluding steroid dienone is 1. The van der Waals surface area contributed by atoms with Gasteiger partial charge in [-0.15, -0.1) is 0 Å². The Bertz CT molecular complexity index is 1720. The molecule has 0 spiro atoms. The summed E-state index contributed by atoms with van der Waals surface area (Å²) in [6, 6.07) is 11.3. The molecule has 0 unspecified atom stereocenters. The molecule has 4 aromatic rings. The molecule has 0 radical (unpaired) electrons. The molecule has 0 saturated heterocycles. The zero-order chi connectivity index (χ0) is 24.4. The zero-order valence-corrected chi connectivity index (χ0v) is 21.8. The average Bonchev–Trinajstić information content (AvgIpc) is 3.37. The lowest BCUT2D eigenvalue weighted by atomic mass is 10.1. The molecule has 2 aromatic heterocycles. The van der Waals surface area contributed by atoms with Gasteiger partial charge in [-0.2, -0.15) is 4.57 Å². The van der Waals surface area contributed by atoms with Crippen LogP contribution >= 0.6 is 34.4 Å². The van der Waals surface area contributed by atoms with Crippen LogP contribution in [0.4, 0.5) is 5.69 Å². The van der Waals surface area contributed by atoms with Crippen LogP contribution in [0.5, 0.6) is 0 Å². The van der Waals surface area contributed by atoms with E-state index < -0.39 is 32.0 Å². The molecule has 0 N–H and O–H groups in total. The molecule has 9 nitrogen and oxygen atoms in total. The summed E-state index contributed by atoms with van der Waals surface area (Å²) in [6.07, 6.45) is 0. The third kappa shape index (κ3) is 4.34. The van der Waals surface area contributed by atoms with E-state index in [1.807, 2.05) is 30.3 Å². The molecule has 0 saturated carbocycles. The Morgan fingerprint density at radius 2 is 1.79 bits per heavy atom. The van der Waals surface area contributed by atoms with E-state index in [1.54, 1.807) is 19.9 Å². The predicted octanol–water partition coefficient (Wildman–Crippen LogP) is 3.41. The van der Waals surface area contributed by atoms with Crippen molar-refractivity contribution in [1.29, 1.82) is 0 Å². The quantitative estimate of drug-likeness (QED) is 0.269. The van der Waals surface area contributed by atoms with Crippen LogP contribution in [0, 0.1) is 6.92 Å². The van der Waals surface area contributed by atoms with E-state index in [-0.39, 0.29) is 0 Å². The monoisotopic (exact) mass is 554 g/mol. The molecule has 1 aliphatic rings. The van der Waals surface area contributed by atoms with Crippen LogP contribution in [0.1, 0.15) is 16.9 Å². The lowest BCUT2D eigenvalue weighted by molar-refractivity contribution is -0.647. The Hall–Kier alpha value is -2.07. The van der Waals surface area contributed by atoms with Gasteiger partial charge in [0.1, 0.15) is 16.0 Å². The van der Waals surface area contributed by atoms with Gasteiger partial charge in [-0.05, 0) is 42.0 Å². The summed E-state index contributed by atoms with van der Waals surface area (Å²) in [7, 11) is -9.27. The smallest absolute Gasteiger partial charge is 0.301 e. The van der Waals surface area contributed by atoms with Crippen molar-refractivity contribution in [3.63, 3.8) is 0 Å². The van der Waals surface area contributed by atoms with Crippen LogP contribution in [-0.4, -0.2) is 36.8 Å². The Morgan fingerprint density at radius 3 is 2.50 bits per heavy atom. The fourth-order valence-corrected chi connectivity index (χ4v) is 8.92. The van der Waals surface area contributed by atoms with Crippen molar-refractivity contribution in [2.24, 2.45) is 0 Å². The standard InChI is InChI=1S/C20H17N3O6S5/c1-11(19-23(10-34(27,28)29)20-17(32-19)21-12(2)30-20)18-22(9-33(24,25)26)15-8-7-13-5-3-4-6-14(13)16(15)31-18/h3-8H,9-10H2,1-2H3,(H-,24,25,26,27,28,29)/p-1. The number of rotatable bonds is 5. The van der Waals surface area contributed by atoms with Crippen molar-refractivity contribution in [3.8, 4) is 0 Å². The third-order valence-corrected chi connectivity index (χ3v) is 10.0. The van der Waals surface area contributed by atoms with E-state index in [2.05, 4.69) is 4.98 Å². The van der Waals surface area contributed by atoms with Crippen LogP contribution in [0.25, 0.3) is 26.0 Å². The maximum absolute atomic E-state index is 11.8. The van der Waals surface area contributed by atoms with E-state index in [0.717, 1.165) is 20.7 Å². The molecule has 5 rings (SSSR count). The van der Waals surface area contributed by atoms with Gasteiger partial charge in [-0.1, -0.05) is 53.4 Å². The van der Waals surface area contributed by atoms with Crippen molar-refractivity contribution < 1.29 is 30.5 Å². The van der Waals surface area contributed by atoms with Crippen LogP contribution in [0.3, 0.4) is 0 Å². The summed E-state index contributed by atoms with van der Waals surface area (Å²) >= 11 is 3.80. The molecule has 1 aliphatic heterocycles. The second kappa shape index (κ2) is 8.26. The summed E-state index contributed by atoms with van der Waals surface area (Å²) in [5.74, 6) is -1.57. The number of thioether (sulfide) groups is 1. The fraction of sp³-hybridized carbons (Fsp3) is 0.200. The Kier molecular flexibility index (Phi) is 5.75. The van der Waals surface area contributed by atoms with E-state index in [0.29, 0.717) is 31.0 Å². The van der Waals surface area contributed by atoms with Gasteiger partial charge in [-0.25, -0.2) is 21.8 Å². The van der Waals surface area contributed by atoms with Crippen LogP contribution in [0.15, 0.2) is 46.3 Å². The molecule has 34 heavy (non-hydrogen) atoms. The largest absolute Gasteiger partial charge is 0.747 e. The number of aryl methyl sites for hydroxylation is 1. The highest BCUT2D eigenvalue weighted by molar-refractivity contribution is 8.04. The molecular formula is C20H16N3O6S5-. The maximum Gasteiger partial charge on any atom is 0.301 e. The number of thiazole rings is 2. The third-order valence-electron chi connectivity index (χ3n) is 5.18. The highest BCUT2D eigenvalue weighted by atomic mass is 32.2. The van der Waals surface area contributed by atoms with Gasteiger partial charge >= 0.3 is 4.83 Å². The summed E-state index contributed by atoms with van der Waals surface area (Å²) < 4.78 is 71.8. The highest BCUT2D eigenvalue weighted by Crippen LogP contribution is 2.52. The number of nitrogens with zero attached hydrogens (tertiary/aromatic N) is 3. The van der Waals surface area contributed by atoms with Crippen molar-refractivity contribution in [2.75, 3.05) is 10.8 Å². The first-order valence-corrected chi connectivity index (χ1v) is 15.4. The van der Waals surface area contributed by atoms with Crippen LogP contribution < -0.4 is 9.47 Å². The molecule has 178 valence electrons. The Balaban J connectivity index is 1.75. The first kappa shape index (κ1) is 23.7. The topological polar surface area (TPSA) is 134 Å². The number of benzene rings is 2. The van der Waals surface area contributed by atoms with Crippen LogP contribution in [0.2, 0.25) is 0 Å². The Labute approximate surface area is 207 Å². The fourth-order valence-electron chi connectivity index (χ4n) is 3.90. The first-order chi connectivity index (χ1) is 15.9. The maximum atomic E-state index is 11.8. The summed E-state index contributed by atoms with van der Waals surface area (Å²) in [5.41, 5.74) is 1.12. The van der Waals surface area contributed by atoms with Crippen molar-refractivity contribution in [2.45, 2.75) is 24.6 Å². The van der Waals surface area contributed by atoms with Crippen molar-refractivity contribution in [1.82, 2.24) is 4.98 Å². The number of fused-ring (bicyclic) bond motifs is 4.